The van der Waals surface area contributed by atoms with Crippen molar-refractivity contribution < 1.29 is 14.3 Å². The average molecular weight is 539 g/mol. The molecule has 0 aliphatic carbocycles. The van der Waals surface area contributed by atoms with Crippen molar-refractivity contribution in [3.63, 3.8) is 0 Å². The van der Waals surface area contributed by atoms with Crippen LogP contribution < -0.4 is 10.2 Å². The summed E-state index contributed by atoms with van der Waals surface area (Å²) in [5.74, 6) is 0.468. The molecule has 3 aliphatic heterocycles. The number of hydrogen-bond donors (Lipinski definition) is 1. The number of hydrogen-bond acceptors (Lipinski definition) is 4. The normalized spacial score (nSPS) is 22.3. The summed E-state index contributed by atoms with van der Waals surface area (Å²) >= 11 is 6.02. The van der Waals surface area contributed by atoms with E-state index in [1.54, 1.807) is 0 Å². The molecule has 7 nitrogen and oxygen atoms in total. The number of benzene rings is 2. The number of halogens is 1. The van der Waals surface area contributed by atoms with Gasteiger partial charge in [-0.3, -0.25) is 0 Å². The lowest BCUT2D eigenvalue weighted by Crippen LogP contribution is -2.40. The van der Waals surface area contributed by atoms with Crippen LogP contribution in [0.4, 0.5) is 21.0 Å². The fourth-order valence-corrected chi connectivity index (χ4v) is 6.14. The third kappa shape index (κ3) is 6.20. The van der Waals surface area contributed by atoms with Crippen LogP contribution >= 0.6 is 11.6 Å². The number of ether oxygens (including phenoxy) is 1. The number of amides is 3. The van der Waals surface area contributed by atoms with Gasteiger partial charge in [-0.25, -0.2) is 9.59 Å². The number of nitrogens with zero attached hydrogens (tertiary/aromatic N) is 3. The topological polar surface area (TPSA) is 65.1 Å². The van der Waals surface area contributed by atoms with Crippen molar-refractivity contribution >= 4 is 35.1 Å². The molecular formula is C30H39ClN4O3. The zero-order valence-corrected chi connectivity index (χ0v) is 23.5. The molecule has 1 unspecified atom stereocenters. The maximum absolute atomic E-state index is 12.9. The van der Waals surface area contributed by atoms with Gasteiger partial charge in [0.1, 0.15) is 5.60 Å². The van der Waals surface area contributed by atoms with Crippen molar-refractivity contribution in [1.82, 2.24) is 9.80 Å². The van der Waals surface area contributed by atoms with Gasteiger partial charge in [0.25, 0.3) is 0 Å². The highest BCUT2D eigenvalue weighted by Crippen LogP contribution is 2.41. The summed E-state index contributed by atoms with van der Waals surface area (Å²) in [5.41, 5.74) is 2.91. The Morgan fingerprint density at radius 3 is 2.21 bits per heavy atom. The minimum atomic E-state index is -0.473. The molecule has 3 saturated heterocycles. The van der Waals surface area contributed by atoms with Gasteiger partial charge in [-0.15, -0.1) is 0 Å². The van der Waals surface area contributed by atoms with E-state index >= 15 is 0 Å². The fourth-order valence-electron chi connectivity index (χ4n) is 6.02. The zero-order chi connectivity index (χ0) is 26.9. The number of urea groups is 1. The van der Waals surface area contributed by atoms with E-state index in [2.05, 4.69) is 34.5 Å². The first-order valence-electron chi connectivity index (χ1n) is 13.7. The number of piperidine rings is 1. The van der Waals surface area contributed by atoms with Crippen LogP contribution in [0.5, 0.6) is 0 Å². The monoisotopic (exact) mass is 538 g/mol. The van der Waals surface area contributed by atoms with Crippen LogP contribution in [0.25, 0.3) is 0 Å². The molecule has 0 saturated carbocycles. The number of likely N-dealkylation sites (tertiary alicyclic amines) is 2. The number of carbonyl (C=O) groups excluding carboxylic acids is 2. The van der Waals surface area contributed by atoms with Gasteiger partial charge >= 0.3 is 12.1 Å². The molecular weight excluding hydrogens is 500 g/mol. The maximum atomic E-state index is 12.9. The highest BCUT2D eigenvalue weighted by atomic mass is 35.5. The highest BCUT2D eigenvalue weighted by Gasteiger charge is 2.45. The lowest BCUT2D eigenvalue weighted by atomic mass is 9.86. The molecule has 0 bridgehead atoms. The summed E-state index contributed by atoms with van der Waals surface area (Å²) in [4.78, 5) is 31.6. The summed E-state index contributed by atoms with van der Waals surface area (Å²) in [6.45, 7) is 10.6. The molecule has 3 amide bonds. The molecule has 3 fully saturated rings. The van der Waals surface area contributed by atoms with E-state index in [9.17, 15) is 9.59 Å². The first kappa shape index (κ1) is 26.7. The SMILES string of the molecule is CC(C)(C)OC(=O)N1CCC2(CCN(c3ccc(NC(=O)N4CCC(c5ccc(Cl)cc5)CC4)cc3)C2)C1. The predicted molar refractivity (Wildman–Crippen MR) is 152 cm³/mol. The van der Waals surface area contributed by atoms with Gasteiger partial charge in [0.05, 0.1) is 0 Å². The molecule has 2 aromatic carbocycles. The second-order valence-electron chi connectivity index (χ2n) is 12.1. The van der Waals surface area contributed by atoms with Crippen molar-refractivity contribution in [2.75, 3.05) is 49.5 Å². The Labute approximate surface area is 231 Å². The van der Waals surface area contributed by atoms with E-state index in [0.29, 0.717) is 5.92 Å². The van der Waals surface area contributed by atoms with Gasteiger partial charge in [-0.05, 0) is 94.3 Å². The van der Waals surface area contributed by atoms with Gasteiger partial charge in [0.15, 0.2) is 0 Å². The van der Waals surface area contributed by atoms with E-state index in [0.717, 1.165) is 81.3 Å². The summed E-state index contributed by atoms with van der Waals surface area (Å²) in [5, 5.41) is 3.82. The van der Waals surface area contributed by atoms with E-state index in [-0.39, 0.29) is 17.5 Å². The Hall–Kier alpha value is -2.93. The molecule has 1 N–H and O–H groups in total. The second kappa shape index (κ2) is 10.7. The van der Waals surface area contributed by atoms with Crippen LogP contribution in [0.2, 0.25) is 5.02 Å². The van der Waals surface area contributed by atoms with Crippen LogP contribution in [0, 0.1) is 5.41 Å². The molecule has 1 spiro atoms. The lowest BCUT2D eigenvalue weighted by molar-refractivity contribution is 0.0276. The van der Waals surface area contributed by atoms with Gasteiger partial charge in [-0.2, -0.15) is 0 Å². The largest absolute Gasteiger partial charge is 0.444 e. The summed E-state index contributed by atoms with van der Waals surface area (Å²) in [6.07, 6.45) is 3.77. The van der Waals surface area contributed by atoms with E-state index in [4.69, 9.17) is 16.3 Å². The smallest absolute Gasteiger partial charge is 0.410 e. The van der Waals surface area contributed by atoms with Crippen molar-refractivity contribution in [3.05, 3.63) is 59.1 Å². The molecule has 3 aliphatic rings. The van der Waals surface area contributed by atoms with Gasteiger partial charge in [0.2, 0.25) is 0 Å². The lowest BCUT2D eigenvalue weighted by Gasteiger charge is -2.32. The van der Waals surface area contributed by atoms with E-state index in [1.165, 1.54) is 5.56 Å². The van der Waals surface area contributed by atoms with Crippen molar-refractivity contribution in [3.8, 4) is 0 Å². The Bertz CT molecular complexity index is 1140. The van der Waals surface area contributed by atoms with Crippen molar-refractivity contribution in [2.45, 2.75) is 58.0 Å². The third-order valence-corrected chi connectivity index (χ3v) is 8.39. The van der Waals surface area contributed by atoms with Crippen LogP contribution in [-0.4, -0.2) is 66.8 Å². The summed E-state index contributed by atoms with van der Waals surface area (Å²) in [7, 11) is 0. The Balaban J connectivity index is 1.10. The Kier molecular flexibility index (Phi) is 7.49. The molecule has 1 atom stereocenters. The average Bonchev–Trinajstić information content (AvgIpc) is 3.51. The standard InChI is InChI=1S/C30H39ClN4O3/c1-29(2,3)38-28(37)35-19-15-30(21-35)14-18-34(20-30)26-10-8-25(9-11-26)32-27(36)33-16-12-23(13-17-33)22-4-6-24(31)7-5-22/h4-11,23H,12-21H2,1-3H3,(H,32,36). The number of rotatable bonds is 3. The molecule has 204 valence electrons. The minimum Gasteiger partial charge on any atom is -0.444 e. The van der Waals surface area contributed by atoms with Crippen LogP contribution in [0.1, 0.15) is 57.9 Å². The van der Waals surface area contributed by atoms with Crippen LogP contribution in [-0.2, 0) is 4.74 Å². The predicted octanol–water partition coefficient (Wildman–Crippen LogP) is 6.59. The number of carbonyl (C=O) groups is 2. The Morgan fingerprint density at radius 1 is 0.895 bits per heavy atom. The third-order valence-electron chi connectivity index (χ3n) is 8.14. The highest BCUT2D eigenvalue weighted by molar-refractivity contribution is 6.30. The van der Waals surface area contributed by atoms with Crippen LogP contribution in [0.3, 0.4) is 0 Å². The van der Waals surface area contributed by atoms with Crippen molar-refractivity contribution in [1.29, 1.82) is 0 Å². The van der Waals surface area contributed by atoms with Gasteiger partial charge in [0, 0.05) is 61.1 Å². The summed E-state index contributed by atoms with van der Waals surface area (Å²) in [6, 6.07) is 16.2. The number of anilines is 2. The molecule has 0 radical (unpaired) electrons. The maximum Gasteiger partial charge on any atom is 0.410 e. The van der Waals surface area contributed by atoms with E-state index in [1.807, 2.05) is 54.8 Å². The molecule has 5 rings (SSSR count). The molecule has 3 heterocycles. The number of nitrogens with one attached hydrogen (secondary N) is 1. The fraction of sp³-hybridized carbons (Fsp3) is 0.533. The molecule has 2 aromatic rings. The molecule has 8 heteroatoms. The van der Waals surface area contributed by atoms with Crippen LogP contribution in [0.15, 0.2) is 48.5 Å². The minimum absolute atomic E-state index is 0.0411. The zero-order valence-electron chi connectivity index (χ0n) is 22.7. The molecule has 38 heavy (non-hydrogen) atoms. The Morgan fingerprint density at radius 2 is 1.55 bits per heavy atom. The first-order valence-corrected chi connectivity index (χ1v) is 14.1. The first-order chi connectivity index (χ1) is 18.1. The summed E-state index contributed by atoms with van der Waals surface area (Å²) < 4.78 is 5.58. The molecule has 0 aromatic heterocycles. The quantitative estimate of drug-likeness (QED) is 0.479. The van der Waals surface area contributed by atoms with Crippen molar-refractivity contribution in [2.24, 2.45) is 5.41 Å². The van der Waals surface area contributed by atoms with E-state index < -0.39 is 5.60 Å². The second-order valence-corrected chi connectivity index (χ2v) is 12.5. The van der Waals surface area contributed by atoms with Gasteiger partial charge in [-0.1, -0.05) is 23.7 Å². The van der Waals surface area contributed by atoms with Gasteiger partial charge < -0.3 is 24.8 Å².